The van der Waals surface area contributed by atoms with E-state index in [9.17, 15) is 4.79 Å². The molecular weight excluding hydrogens is 214 g/mol. The van der Waals surface area contributed by atoms with Crippen LogP contribution in [0.2, 0.25) is 0 Å². The van der Waals surface area contributed by atoms with Gasteiger partial charge in [-0.3, -0.25) is 9.69 Å². The predicted octanol–water partition coefficient (Wildman–Crippen LogP) is 2.98. The van der Waals surface area contributed by atoms with Crippen LogP contribution < -0.4 is 0 Å². The monoisotopic (exact) mass is 241 g/mol. The summed E-state index contributed by atoms with van der Waals surface area (Å²) in [6.45, 7) is 4.42. The summed E-state index contributed by atoms with van der Waals surface area (Å²) in [4.78, 5) is 14.1. The first-order chi connectivity index (χ1) is 8.20. The Balaban J connectivity index is 2.56. The molecule has 0 aliphatic heterocycles. The van der Waals surface area contributed by atoms with Crippen LogP contribution in [0, 0.1) is 0 Å². The lowest BCUT2D eigenvalue weighted by Crippen LogP contribution is -2.45. The topological polar surface area (TPSA) is 29.5 Å². The van der Waals surface area contributed by atoms with Gasteiger partial charge in [-0.15, -0.1) is 0 Å². The highest BCUT2D eigenvalue weighted by molar-refractivity contribution is 5.75. The summed E-state index contributed by atoms with van der Waals surface area (Å²) in [5.41, 5.74) is 0. The van der Waals surface area contributed by atoms with Gasteiger partial charge in [0.25, 0.3) is 0 Å². The number of ether oxygens (including phenoxy) is 1. The molecule has 1 rings (SSSR count). The van der Waals surface area contributed by atoms with Gasteiger partial charge in [0.05, 0.1) is 6.61 Å². The molecule has 0 heterocycles. The van der Waals surface area contributed by atoms with Crippen LogP contribution in [0.3, 0.4) is 0 Å². The Kier molecular flexibility index (Phi) is 6.56. The van der Waals surface area contributed by atoms with E-state index in [0.717, 1.165) is 6.42 Å². The van der Waals surface area contributed by atoms with E-state index >= 15 is 0 Å². The highest BCUT2D eigenvalue weighted by atomic mass is 16.5. The minimum absolute atomic E-state index is 0.0539. The average molecular weight is 241 g/mol. The van der Waals surface area contributed by atoms with Gasteiger partial charge in [-0.1, -0.05) is 32.6 Å². The van der Waals surface area contributed by atoms with Crippen molar-refractivity contribution in [3.8, 4) is 0 Å². The number of likely N-dealkylation sites (N-methyl/N-ethyl adjacent to an activating group) is 1. The van der Waals surface area contributed by atoms with E-state index in [2.05, 4.69) is 18.9 Å². The van der Waals surface area contributed by atoms with Gasteiger partial charge in [0.2, 0.25) is 0 Å². The molecule has 3 nitrogen and oxygen atoms in total. The van der Waals surface area contributed by atoms with Gasteiger partial charge in [-0.2, -0.15) is 0 Å². The smallest absolute Gasteiger partial charge is 0.323 e. The number of hydrogen-bond donors (Lipinski definition) is 0. The maximum absolute atomic E-state index is 11.9. The van der Waals surface area contributed by atoms with Crippen molar-refractivity contribution in [1.82, 2.24) is 4.90 Å². The third kappa shape index (κ3) is 4.30. The third-order valence-electron chi connectivity index (χ3n) is 3.84. The molecule has 0 bridgehead atoms. The van der Waals surface area contributed by atoms with Crippen molar-refractivity contribution >= 4 is 5.97 Å². The molecule has 0 amide bonds. The zero-order valence-electron chi connectivity index (χ0n) is 11.6. The van der Waals surface area contributed by atoms with E-state index in [1.165, 1.54) is 38.5 Å². The molecule has 17 heavy (non-hydrogen) atoms. The fraction of sp³-hybridized carbons (Fsp3) is 0.929. The molecular formula is C14H27NO2. The number of esters is 1. The third-order valence-corrected chi connectivity index (χ3v) is 3.84. The average Bonchev–Trinajstić information content (AvgIpc) is 2.58. The first-order valence-corrected chi connectivity index (χ1v) is 7.09. The highest BCUT2D eigenvalue weighted by Crippen LogP contribution is 2.23. The summed E-state index contributed by atoms with van der Waals surface area (Å²) < 4.78 is 5.16. The van der Waals surface area contributed by atoms with Crippen LogP contribution in [0.25, 0.3) is 0 Å². The van der Waals surface area contributed by atoms with E-state index in [-0.39, 0.29) is 12.0 Å². The van der Waals surface area contributed by atoms with Gasteiger partial charge in [0.1, 0.15) is 6.04 Å². The highest BCUT2D eigenvalue weighted by Gasteiger charge is 2.28. The van der Waals surface area contributed by atoms with Gasteiger partial charge < -0.3 is 4.74 Å². The molecule has 1 fully saturated rings. The number of rotatable bonds is 5. The normalized spacial score (nSPS) is 20.0. The van der Waals surface area contributed by atoms with E-state index in [1.807, 2.05) is 6.92 Å². The van der Waals surface area contributed by atoms with Crippen LogP contribution in [0.15, 0.2) is 0 Å². The number of nitrogens with zero attached hydrogens (tertiary/aromatic N) is 1. The Bertz CT molecular complexity index is 222. The Hall–Kier alpha value is -0.570. The lowest BCUT2D eigenvalue weighted by molar-refractivity contribution is -0.150. The molecule has 0 aromatic heterocycles. The van der Waals surface area contributed by atoms with E-state index in [4.69, 9.17) is 4.74 Å². The van der Waals surface area contributed by atoms with Gasteiger partial charge >= 0.3 is 5.97 Å². The standard InChI is InChI=1S/C14H27NO2/c1-4-13(14(16)17-5-2)15(3)12-10-8-6-7-9-11-12/h12-13H,4-11H2,1-3H3. The van der Waals surface area contributed by atoms with Crippen molar-refractivity contribution in [2.45, 2.75) is 70.9 Å². The molecule has 0 aromatic rings. The van der Waals surface area contributed by atoms with Crippen LogP contribution >= 0.6 is 0 Å². The fourth-order valence-corrected chi connectivity index (χ4v) is 2.78. The molecule has 100 valence electrons. The second-order valence-electron chi connectivity index (χ2n) is 4.99. The summed E-state index contributed by atoms with van der Waals surface area (Å²) in [6.07, 6.45) is 8.59. The summed E-state index contributed by atoms with van der Waals surface area (Å²) in [5.74, 6) is -0.0539. The van der Waals surface area contributed by atoms with Crippen LogP contribution in [0.5, 0.6) is 0 Å². The molecule has 1 unspecified atom stereocenters. The van der Waals surface area contributed by atoms with Gasteiger partial charge in [0, 0.05) is 6.04 Å². The second-order valence-corrected chi connectivity index (χ2v) is 4.99. The molecule has 3 heteroatoms. The maximum Gasteiger partial charge on any atom is 0.323 e. The van der Waals surface area contributed by atoms with Crippen molar-refractivity contribution in [1.29, 1.82) is 0 Å². The zero-order chi connectivity index (χ0) is 12.7. The number of carbonyl (C=O) groups is 1. The van der Waals surface area contributed by atoms with Crippen LogP contribution in [-0.2, 0) is 9.53 Å². The molecule has 0 spiro atoms. The summed E-state index contributed by atoms with van der Waals surface area (Å²) in [7, 11) is 2.08. The van der Waals surface area contributed by atoms with Crippen molar-refractivity contribution in [2.75, 3.05) is 13.7 Å². The van der Waals surface area contributed by atoms with Crippen molar-refractivity contribution in [3.63, 3.8) is 0 Å². The van der Waals surface area contributed by atoms with E-state index in [1.54, 1.807) is 0 Å². The van der Waals surface area contributed by atoms with E-state index < -0.39 is 0 Å². The minimum Gasteiger partial charge on any atom is -0.465 e. The number of hydrogen-bond acceptors (Lipinski definition) is 3. The SMILES string of the molecule is CCOC(=O)C(CC)N(C)C1CCCCCC1. The van der Waals surface area contributed by atoms with Crippen molar-refractivity contribution in [2.24, 2.45) is 0 Å². The quantitative estimate of drug-likeness (QED) is 0.547. The molecule has 0 aromatic carbocycles. The Morgan fingerprint density at radius 2 is 1.82 bits per heavy atom. The minimum atomic E-state index is -0.0574. The first kappa shape index (κ1) is 14.5. The molecule has 1 saturated carbocycles. The van der Waals surface area contributed by atoms with Gasteiger partial charge in [-0.25, -0.2) is 0 Å². The zero-order valence-corrected chi connectivity index (χ0v) is 11.6. The Morgan fingerprint density at radius 1 is 1.24 bits per heavy atom. The van der Waals surface area contributed by atoms with E-state index in [0.29, 0.717) is 12.6 Å². The number of carbonyl (C=O) groups excluding carboxylic acids is 1. The largest absolute Gasteiger partial charge is 0.465 e. The summed E-state index contributed by atoms with van der Waals surface area (Å²) in [6, 6.07) is 0.505. The van der Waals surface area contributed by atoms with Crippen LogP contribution in [0.1, 0.15) is 58.8 Å². The molecule has 1 aliphatic carbocycles. The molecule has 1 atom stereocenters. The second kappa shape index (κ2) is 7.70. The first-order valence-electron chi connectivity index (χ1n) is 7.09. The summed E-state index contributed by atoms with van der Waals surface area (Å²) >= 11 is 0. The summed E-state index contributed by atoms with van der Waals surface area (Å²) in [5, 5.41) is 0. The maximum atomic E-state index is 11.9. The molecule has 0 saturated heterocycles. The Labute approximate surface area is 106 Å². The molecule has 1 aliphatic rings. The Morgan fingerprint density at radius 3 is 2.29 bits per heavy atom. The van der Waals surface area contributed by atoms with Gasteiger partial charge in [-0.05, 0) is 33.2 Å². The van der Waals surface area contributed by atoms with Crippen LogP contribution in [-0.4, -0.2) is 36.6 Å². The van der Waals surface area contributed by atoms with Gasteiger partial charge in [0.15, 0.2) is 0 Å². The molecule has 0 N–H and O–H groups in total. The predicted molar refractivity (Wildman–Crippen MR) is 70.0 cm³/mol. The van der Waals surface area contributed by atoms with Crippen LogP contribution in [0.4, 0.5) is 0 Å². The lowest BCUT2D eigenvalue weighted by Gasteiger charge is -2.32. The lowest BCUT2D eigenvalue weighted by atomic mass is 10.0. The van der Waals surface area contributed by atoms with Crippen molar-refractivity contribution < 1.29 is 9.53 Å². The fourth-order valence-electron chi connectivity index (χ4n) is 2.78. The van der Waals surface area contributed by atoms with Crippen molar-refractivity contribution in [3.05, 3.63) is 0 Å². The molecule has 0 radical (unpaired) electrons.